The molecular formula is C13H27N3O2. The minimum Gasteiger partial charge on any atom is -0.354 e. The first-order chi connectivity index (χ1) is 8.38. The van der Waals surface area contributed by atoms with E-state index in [2.05, 4.69) is 10.6 Å². The van der Waals surface area contributed by atoms with Crippen molar-refractivity contribution in [3.8, 4) is 0 Å². The van der Waals surface area contributed by atoms with Crippen LogP contribution in [0.4, 0.5) is 0 Å². The fourth-order valence-electron chi connectivity index (χ4n) is 1.43. The molecule has 0 aliphatic rings. The Morgan fingerprint density at radius 1 is 1.11 bits per heavy atom. The normalized spacial score (nSPS) is 14.1. The maximum atomic E-state index is 11.8. The van der Waals surface area contributed by atoms with Gasteiger partial charge in [-0.05, 0) is 32.2 Å². The Kier molecular flexibility index (Phi) is 8.37. The van der Waals surface area contributed by atoms with Gasteiger partial charge in [0.2, 0.25) is 11.8 Å². The van der Waals surface area contributed by atoms with E-state index in [1.807, 2.05) is 20.8 Å². The van der Waals surface area contributed by atoms with Gasteiger partial charge >= 0.3 is 0 Å². The molecular weight excluding hydrogens is 230 g/mol. The van der Waals surface area contributed by atoms with Gasteiger partial charge in [-0.2, -0.15) is 0 Å². The Balaban J connectivity index is 4.01. The Bertz CT molecular complexity index is 267. The Hall–Kier alpha value is -1.10. The van der Waals surface area contributed by atoms with Gasteiger partial charge in [0.15, 0.2) is 0 Å². The van der Waals surface area contributed by atoms with Crippen LogP contribution in [0.3, 0.4) is 0 Å². The van der Waals surface area contributed by atoms with E-state index in [1.54, 1.807) is 6.92 Å². The summed E-state index contributed by atoms with van der Waals surface area (Å²) < 4.78 is 0. The minimum absolute atomic E-state index is 0.0874. The molecule has 0 bridgehead atoms. The molecule has 18 heavy (non-hydrogen) atoms. The van der Waals surface area contributed by atoms with Crippen LogP contribution in [-0.2, 0) is 9.59 Å². The smallest absolute Gasteiger partial charge is 0.242 e. The summed E-state index contributed by atoms with van der Waals surface area (Å²) in [6.45, 7) is 8.81. The molecule has 2 unspecified atom stereocenters. The van der Waals surface area contributed by atoms with Crippen LogP contribution in [0.15, 0.2) is 0 Å². The number of hydrogen-bond donors (Lipinski definition) is 3. The molecule has 0 aromatic rings. The molecule has 0 aromatic carbocycles. The topological polar surface area (TPSA) is 84.2 Å². The van der Waals surface area contributed by atoms with Gasteiger partial charge < -0.3 is 16.4 Å². The van der Waals surface area contributed by atoms with Crippen LogP contribution in [0.1, 0.15) is 40.5 Å². The van der Waals surface area contributed by atoms with E-state index in [1.165, 1.54) is 0 Å². The summed E-state index contributed by atoms with van der Waals surface area (Å²) in [6, 6.07) is -0.489. The number of nitrogens with one attached hydrogen (secondary N) is 2. The zero-order valence-electron chi connectivity index (χ0n) is 12.0. The van der Waals surface area contributed by atoms with Crippen molar-refractivity contribution in [1.82, 2.24) is 10.6 Å². The number of nitrogens with two attached hydrogens (primary N) is 1. The molecule has 0 spiro atoms. The molecule has 0 saturated heterocycles. The highest BCUT2D eigenvalue weighted by Gasteiger charge is 2.19. The molecule has 0 saturated carbocycles. The SMILES string of the molecule is CC(C)CNC(=O)C(C)NC(=O)C(C)CCCN. The molecule has 0 heterocycles. The predicted octanol–water partition coefficient (Wildman–Crippen LogP) is 0.638. The zero-order valence-corrected chi connectivity index (χ0v) is 12.0. The fraction of sp³-hybridized carbons (Fsp3) is 0.846. The van der Waals surface area contributed by atoms with Crippen LogP contribution in [0.25, 0.3) is 0 Å². The third kappa shape index (κ3) is 7.27. The second-order valence-corrected chi connectivity index (χ2v) is 5.20. The fourth-order valence-corrected chi connectivity index (χ4v) is 1.43. The van der Waals surface area contributed by atoms with Crippen LogP contribution in [0.5, 0.6) is 0 Å². The largest absolute Gasteiger partial charge is 0.354 e. The van der Waals surface area contributed by atoms with Crippen molar-refractivity contribution >= 4 is 11.8 Å². The van der Waals surface area contributed by atoms with Gasteiger partial charge in [-0.3, -0.25) is 9.59 Å². The van der Waals surface area contributed by atoms with E-state index in [0.717, 1.165) is 12.8 Å². The van der Waals surface area contributed by atoms with Crippen molar-refractivity contribution in [3.63, 3.8) is 0 Å². The van der Waals surface area contributed by atoms with Gasteiger partial charge in [-0.1, -0.05) is 20.8 Å². The van der Waals surface area contributed by atoms with Gasteiger partial charge in [0, 0.05) is 12.5 Å². The van der Waals surface area contributed by atoms with Gasteiger partial charge in [0.25, 0.3) is 0 Å². The number of carbonyl (C=O) groups is 2. The van der Waals surface area contributed by atoms with Crippen molar-refractivity contribution < 1.29 is 9.59 Å². The molecule has 0 aromatic heterocycles. The van der Waals surface area contributed by atoms with Crippen LogP contribution < -0.4 is 16.4 Å². The lowest BCUT2D eigenvalue weighted by Gasteiger charge is -2.17. The van der Waals surface area contributed by atoms with Gasteiger partial charge in [0.05, 0.1) is 0 Å². The van der Waals surface area contributed by atoms with Crippen LogP contribution in [-0.4, -0.2) is 30.9 Å². The van der Waals surface area contributed by atoms with E-state index in [-0.39, 0.29) is 17.7 Å². The van der Waals surface area contributed by atoms with Crippen molar-refractivity contribution in [2.75, 3.05) is 13.1 Å². The summed E-state index contributed by atoms with van der Waals surface area (Å²) in [6.07, 6.45) is 1.57. The standard InChI is InChI=1S/C13H27N3O2/c1-9(2)8-15-13(18)11(4)16-12(17)10(3)6-5-7-14/h9-11H,5-8,14H2,1-4H3,(H,15,18)(H,16,17). The lowest BCUT2D eigenvalue weighted by atomic mass is 10.0. The Morgan fingerprint density at radius 2 is 1.72 bits per heavy atom. The summed E-state index contributed by atoms with van der Waals surface area (Å²) in [4.78, 5) is 23.4. The number of carbonyl (C=O) groups excluding carboxylic acids is 2. The quantitative estimate of drug-likeness (QED) is 0.596. The van der Waals surface area contributed by atoms with E-state index in [9.17, 15) is 9.59 Å². The lowest BCUT2D eigenvalue weighted by Crippen LogP contribution is -2.47. The molecule has 0 aliphatic heterocycles. The van der Waals surface area contributed by atoms with Crippen LogP contribution >= 0.6 is 0 Å². The molecule has 0 rings (SSSR count). The maximum Gasteiger partial charge on any atom is 0.242 e. The van der Waals surface area contributed by atoms with Gasteiger partial charge in [0.1, 0.15) is 6.04 Å². The molecule has 0 fully saturated rings. The third-order valence-electron chi connectivity index (χ3n) is 2.73. The lowest BCUT2D eigenvalue weighted by molar-refractivity contribution is -0.130. The van der Waals surface area contributed by atoms with Gasteiger partial charge in [-0.15, -0.1) is 0 Å². The first-order valence-electron chi connectivity index (χ1n) is 6.66. The Labute approximate surface area is 110 Å². The highest BCUT2D eigenvalue weighted by Crippen LogP contribution is 2.04. The maximum absolute atomic E-state index is 11.8. The van der Waals surface area contributed by atoms with Gasteiger partial charge in [-0.25, -0.2) is 0 Å². The summed E-state index contributed by atoms with van der Waals surface area (Å²) >= 11 is 0. The van der Waals surface area contributed by atoms with Crippen molar-refractivity contribution in [2.45, 2.75) is 46.6 Å². The molecule has 0 aliphatic carbocycles. The van der Waals surface area contributed by atoms with E-state index >= 15 is 0 Å². The van der Waals surface area contributed by atoms with Crippen molar-refractivity contribution in [2.24, 2.45) is 17.6 Å². The first kappa shape index (κ1) is 16.9. The summed E-state index contributed by atoms with van der Waals surface area (Å²) in [7, 11) is 0. The monoisotopic (exact) mass is 257 g/mol. The summed E-state index contributed by atoms with van der Waals surface area (Å²) in [5.74, 6) is 0.0768. The molecule has 5 heteroatoms. The number of rotatable bonds is 8. The minimum atomic E-state index is -0.489. The van der Waals surface area contributed by atoms with Crippen LogP contribution in [0, 0.1) is 11.8 Å². The third-order valence-corrected chi connectivity index (χ3v) is 2.73. The Morgan fingerprint density at radius 3 is 2.22 bits per heavy atom. The molecule has 2 atom stereocenters. The second-order valence-electron chi connectivity index (χ2n) is 5.20. The van der Waals surface area contributed by atoms with E-state index in [0.29, 0.717) is 19.0 Å². The predicted molar refractivity (Wildman–Crippen MR) is 72.9 cm³/mol. The molecule has 0 radical (unpaired) electrons. The van der Waals surface area contributed by atoms with Crippen LogP contribution in [0.2, 0.25) is 0 Å². The number of hydrogen-bond acceptors (Lipinski definition) is 3. The van der Waals surface area contributed by atoms with Crippen molar-refractivity contribution in [3.05, 3.63) is 0 Å². The average Bonchev–Trinajstić information content (AvgIpc) is 2.32. The second kappa shape index (κ2) is 8.91. The molecule has 2 amide bonds. The number of amides is 2. The average molecular weight is 257 g/mol. The molecule has 4 N–H and O–H groups in total. The molecule has 106 valence electrons. The van der Waals surface area contributed by atoms with E-state index < -0.39 is 6.04 Å². The highest BCUT2D eigenvalue weighted by molar-refractivity contribution is 5.87. The highest BCUT2D eigenvalue weighted by atomic mass is 16.2. The first-order valence-corrected chi connectivity index (χ1v) is 6.66. The van der Waals surface area contributed by atoms with Crippen molar-refractivity contribution in [1.29, 1.82) is 0 Å². The molecule has 5 nitrogen and oxygen atoms in total. The summed E-state index contributed by atoms with van der Waals surface area (Å²) in [5, 5.41) is 5.52. The zero-order chi connectivity index (χ0) is 14.1. The summed E-state index contributed by atoms with van der Waals surface area (Å²) in [5.41, 5.74) is 5.40. The van der Waals surface area contributed by atoms with E-state index in [4.69, 9.17) is 5.73 Å².